The van der Waals surface area contributed by atoms with E-state index < -0.39 is 11.4 Å². The molecule has 1 aromatic heterocycles. The van der Waals surface area contributed by atoms with Crippen molar-refractivity contribution < 1.29 is 14.7 Å². The highest BCUT2D eigenvalue weighted by atomic mass is 35.5. The first kappa shape index (κ1) is 20.4. The lowest BCUT2D eigenvalue weighted by molar-refractivity contribution is -0.144. The Labute approximate surface area is 159 Å². The number of rotatable bonds is 6. The standard InChI is InChI=1S/C18H27ClN4O3/c1-5-18(6-2,17(25)26)16-20-8-7-14(21-16)22-10-12(3)23(13(4)11-22)15(24)9-19/h7-8,12-13H,5-6,9-11H2,1-4H3,(H,25,26)/t12-,13-/m1/s1. The Kier molecular flexibility index (Phi) is 6.44. The van der Waals surface area contributed by atoms with Crippen molar-refractivity contribution in [3.63, 3.8) is 0 Å². The van der Waals surface area contributed by atoms with E-state index in [1.165, 1.54) is 0 Å². The molecule has 1 aromatic rings. The number of aromatic nitrogens is 2. The first-order valence-electron chi connectivity index (χ1n) is 8.99. The zero-order chi connectivity index (χ0) is 19.5. The summed E-state index contributed by atoms with van der Waals surface area (Å²) in [5.74, 6) is 0.0298. The Morgan fingerprint density at radius 3 is 2.31 bits per heavy atom. The maximum Gasteiger partial charge on any atom is 0.317 e. The molecule has 8 heteroatoms. The van der Waals surface area contributed by atoms with E-state index in [9.17, 15) is 14.7 Å². The Morgan fingerprint density at radius 1 is 1.27 bits per heavy atom. The minimum atomic E-state index is -1.08. The van der Waals surface area contributed by atoms with E-state index in [-0.39, 0.29) is 23.9 Å². The van der Waals surface area contributed by atoms with Gasteiger partial charge in [0.05, 0.1) is 0 Å². The van der Waals surface area contributed by atoms with Crippen LogP contribution >= 0.6 is 11.6 Å². The molecule has 1 fully saturated rings. The molecule has 1 amide bonds. The fourth-order valence-electron chi connectivity index (χ4n) is 3.79. The summed E-state index contributed by atoms with van der Waals surface area (Å²) in [7, 11) is 0. The van der Waals surface area contributed by atoms with Gasteiger partial charge >= 0.3 is 5.97 Å². The van der Waals surface area contributed by atoms with E-state index >= 15 is 0 Å². The zero-order valence-corrected chi connectivity index (χ0v) is 16.5. The molecule has 0 bridgehead atoms. The number of nitrogens with zero attached hydrogens (tertiary/aromatic N) is 4. The van der Waals surface area contributed by atoms with Gasteiger partial charge in [-0.3, -0.25) is 9.59 Å². The Hall–Kier alpha value is -1.89. The normalized spacial score (nSPS) is 21.0. The summed E-state index contributed by atoms with van der Waals surface area (Å²) in [6.07, 6.45) is 2.46. The van der Waals surface area contributed by atoms with Gasteiger partial charge in [0.1, 0.15) is 22.9 Å². The molecular weight excluding hydrogens is 356 g/mol. The van der Waals surface area contributed by atoms with Crippen LogP contribution in [-0.2, 0) is 15.0 Å². The van der Waals surface area contributed by atoms with Gasteiger partial charge in [0.2, 0.25) is 5.91 Å². The minimum Gasteiger partial charge on any atom is -0.480 e. The Morgan fingerprint density at radius 2 is 1.85 bits per heavy atom. The van der Waals surface area contributed by atoms with Gasteiger partial charge in [0, 0.05) is 31.4 Å². The molecule has 2 atom stereocenters. The van der Waals surface area contributed by atoms with Gasteiger partial charge in [-0.1, -0.05) is 13.8 Å². The highest BCUT2D eigenvalue weighted by Crippen LogP contribution is 2.31. The Bertz CT molecular complexity index is 654. The van der Waals surface area contributed by atoms with Crippen molar-refractivity contribution in [1.29, 1.82) is 0 Å². The van der Waals surface area contributed by atoms with E-state index in [1.54, 1.807) is 12.3 Å². The fraction of sp³-hybridized carbons (Fsp3) is 0.667. The van der Waals surface area contributed by atoms with Crippen LogP contribution in [0.1, 0.15) is 46.4 Å². The van der Waals surface area contributed by atoms with E-state index in [2.05, 4.69) is 14.9 Å². The molecule has 0 spiro atoms. The average Bonchev–Trinajstić information content (AvgIpc) is 2.62. The molecule has 1 aliphatic rings. The SMILES string of the molecule is CCC(CC)(C(=O)O)c1nccc(N2C[C@@H](C)N(C(=O)CCl)[C@H](C)C2)n1. The molecule has 1 aliphatic heterocycles. The van der Waals surface area contributed by atoms with E-state index in [1.807, 2.05) is 32.6 Å². The second-order valence-corrected chi connectivity index (χ2v) is 7.14. The van der Waals surface area contributed by atoms with Crippen molar-refractivity contribution in [2.45, 2.75) is 58.0 Å². The summed E-state index contributed by atoms with van der Waals surface area (Å²) in [5.41, 5.74) is -1.08. The minimum absolute atomic E-state index is 0.00926. The van der Waals surface area contributed by atoms with Crippen LogP contribution in [0.15, 0.2) is 12.3 Å². The van der Waals surface area contributed by atoms with Crippen molar-refractivity contribution >= 4 is 29.3 Å². The van der Waals surface area contributed by atoms with Gasteiger partial charge in [-0.15, -0.1) is 11.6 Å². The van der Waals surface area contributed by atoms with Gasteiger partial charge in [-0.05, 0) is 32.8 Å². The lowest BCUT2D eigenvalue weighted by atomic mass is 9.81. The smallest absolute Gasteiger partial charge is 0.317 e. The van der Waals surface area contributed by atoms with Crippen LogP contribution in [0.25, 0.3) is 0 Å². The number of aliphatic carboxylic acids is 1. The number of carboxylic acids is 1. The maximum atomic E-state index is 12.1. The molecule has 0 aromatic carbocycles. The fourth-order valence-corrected chi connectivity index (χ4v) is 3.93. The van der Waals surface area contributed by atoms with Gasteiger partial charge < -0.3 is 14.9 Å². The molecule has 2 rings (SSSR count). The van der Waals surface area contributed by atoms with Crippen LogP contribution in [0, 0.1) is 0 Å². The van der Waals surface area contributed by atoms with Crippen LogP contribution in [0.5, 0.6) is 0 Å². The van der Waals surface area contributed by atoms with Gasteiger partial charge in [0.25, 0.3) is 0 Å². The molecule has 1 N–H and O–H groups in total. The number of halogens is 1. The molecule has 1 saturated heterocycles. The van der Waals surface area contributed by atoms with Crippen LogP contribution in [0.2, 0.25) is 0 Å². The number of carbonyl (C=O) groups is 2. The summed E-state index contributed by atoms with van der Waals surface area (Å²) in [6, 6.07) is 1.77. The number of amides is 1. The molecule has 0 saturated carbocycles. The van der Waals surface area contributed by atoms with E-state index in [0.29, 0.717) is 37.6 Å². The largest absolute Gasteiger partial charge is 0.480 e. The van der Waals surface area contributed by atoms with Gasteiger partial charge in [0.15, 0.2) is 0 Å². The third kappa shape index (κ3) is 3.63. The highest BCUT2D eigenvalue weighted by Gasteiger charge is 2.40. The molecule has 0 radical (unpaired) electrons. The second kappa shape index (κ2) is 8.20. The molecule has 144 valence electrons. The Balaban J connectivity index is 2.31. The van der Waals surface area contributed by atoms with Crippen molar-refractivity contribution in [3.8, 4) is 0 Å². The highest BCUT2D eigenvalue weighted by molar-refractivity contribution is 6.27. The lowest BCUT2D eigenvalue weighted by Crippen LogP contribution is -2.59. The van der Waals surface area contributed by atoms with Crippen LogP contribution in [0.3, 0.4) is 0 Å². The third-order valence-corrected chi connectivity index (χ3v) is 5.56. The van der Waals surface area contributed by atoms with Crippen molar-refractivity contribution in [3.05, 3.63) is 18.1 Å². The lowest BCUT2D eigenvalue weighted by Gasteiger charge is -2.44. The topological polar surface area (TPSA) is 86.6 Å². The van der Waals surface area contributed by atoms with Gasteiger partial charge in [-0.2, -0.15) is 0 Å². The molecule has 7 nitrogen and oxygen atoms in total. The summed E-state index contributed by atoms with van der Waals surface area (Å²) >= 11 is 5.72. The molecule has 2 heterocycles. The van der Waals surface area contributed by atoms with E-state index in [0.717, 1.165) is 0 Å². The van der Waals surface area contributed by atoms with E-state index in [4.69, 9.17) is 11.6 Å². The van der Waals surface area contributed by atoms with Crippen molar-refractivity contribution in [2.24, 2.45) is 0 Å². The maximum absolute atomic E-state index is 12.1. The number of hydrogen-bond donors (Lipinski definition) is 1. The zero-order valence-electron chi connectivity index (χ0n) is 15.8. The first-order valence-corrected chi connectivity index (χ1v) is 9.53. The van der Waals surface area contributed by atoms with Crippen LogP contribution < -0.4 is 4.90 Å². The third-order valence-electron chi connectivity index (χ3n) is 5.33. The molecule has 0 aliphatic carbocycles. The number of hydrogen-bond acceptors (Lipinski definition) is 5. The van der Waals surface area contributed by atoms with Crippen molar-refractivity contribution in [1.82, 2.24) is 14.9 Å². The first-order chi connectivity index (χ1) is 12.3. The monoisotopic (exact) mass is 382 g/mol. The summed E-state index contributed by atoms with van der Waals surface area (Å²) in [5, 5.41) is 9.74. The van der Waals surface area contributed by atoms with Crippen LogP contribution in [0.4, 0.5) is 5.82 Å². The predicted octanol–water partition coefficient (Wildman–Crippen LogP) is 2.28. The molecular formula is C18H27ClN4O3. The average molecular weight is 383 g/mol. The predicted molar refractivity (Wildman–Crippen MR) is 101 cm³/mol. The number of carbonyl (C=O) groups excluding carboxylic acids is 1. The van der Waals surface area contributed by atoms with Crippen LogP contribution in [-0.4, -0.2) is 62.9 Å². The second-order valence-electron chi connectivity index (χ2n) is 6.87. The van der Waals surface area contributed by atoms with Gasteiger partial charge in [-0.25, -0.2) is 9.97 Å². The number of anilines is 1. The number of alkyl halides is 1. The number of piperazine rings is 1. The summed E-state index contributed by atoms with van der Waals surface area (Å²) in [4.78, 5) is 36.7. The number of carboxylic acid groups (broad SMARTS) is 1. The molecule has 26 heavy (non-hydrogen) atoms. The summed E-state index contributed by atoms with van der Waals surface area (Å²) in [6.45, 7) is 8.87. The summed E-state index contributed by atoms with van der Waals surface area (Å²) < 4.78 is 0. The quantitative estimate of drug-likeness (QED) is 0.759. The molecule has 0 unspecified atom stereocenters. The van der Waals surface area contributed by atoms with Crippen molar-refractivity contribution in [2.75, 3.05) is 23.9 Å².